The summed E-state index contributed by atoms with van der Waals surface area (Å²) in [5.41, 5.74) is 9.62. The van der Waals surface area contributed by atoms with Crippen LogP contribution < -0.4 is 9.47 Å². The first-order valence-corrected chi connectivity index (χ1v) is 20.0. The monoisotopic (exact) mass is 757 g/mol. The average molecular weight is 758 g/mol. The highest BCUT2D eigenvalue weighted by atomic mass is 16.6. The number of ether oxygens (including phenoxy) is 2. The van der Waals surface area contributed by atoms with Crippen LogP contribution in [0.2, 0.25) is 0 Å². The number of nitrogens with zero attached hydrogens (tertiary/aromatic N) is 3. The Balaban J connectivity index is 0.938. The van der Waals surface area contributed by atoms with E-state index in [2.05, 4.69) is 153 Å². The van der Waals surface area contributed by atoms with Gasteiger partial charge in [0, 0.05) is 22.1 Å². The second-order valence-electron chi connectivity index (χ2n) is 16.0. The molecule has 1 aliphatic carbocycles. The fourth-order valence-electron chi connectivity index (χ4n) is 9.19. The highest BCUT2D eigenvalue weighted by molar-refractivity contribution is 6.25. The van der Waals surface area contributed by atoms with Gasteiger partial charge in [-0.25, -0.2) is 15.0 Å². The Morgan fingerprint density at radius 2 is 0.831 bits per heavy atom. The third-order valence-corrected chi connectivity index (χ3v) is 12.2. The molecule has 0 radical (unpaired) electrons. The van der Waals surface area contributed by atoms with Gasteiger partial charge in [0.15, 0.2) is 40.5 Å². The van der Waals surface area contributed by atoms with Crippen LogP contribution in [0.15, 0.2) is 176 Å². The molecule has 5 heteroatoms. The molecule has 59 heavy (non-hydrogen) atoms. The Hall–Kier alpha value is -7.63. The van der Waals surface area contributed by atoms with E-state index in [1.165, 1.54) is 54.6 Å². The van der Waals surface area contributed by atoms with E-state index < -0.39 is 0 Å². The van der Waals surface area contributed by atoms with E-state index in [1.807, 2.05) is 36.4 Å². The maximum absolute atomic E-state index is 6.62. The molecule has 1 aromatic heterocycles. The molecule has 0 bridgehead atoms. The lowest BCUT2D eigenvalue weighted by Crippen LogP contribution is -2.15. The standard InChI is InChI=1S/C54H35N3O2/c1-54(2)45-22-11-10-21-42(45)44-30-49-50(31-46(44)54)59-48-29-34(24-26-47(48)58-49)33-15-12-16-35(27-33)52-55-51(32-13-4-3-5-14-32)56-53(57-52)36-23-25-41-39-19-7-6-17-37(39)38-18-8-9-20-40(38)43(41)28-36/h3-31H,1-2H3. The summed E-state index contributed by atoms with van der Waals surface area (Å²) in [6.07, 6.45) is 0. The van der Waals surface area contributed by atoms with Crippen molar-refractivity contribution in [3.05, 3.63) is 187 Å². The van der Waals surface area contributed by atoms with E-state index in [9.17, 15) is 0 Å². The van der Waals surface area contributed by atoms with Crippen LogP contribution in [0.4, 0.5) is 0 Å². The van der Waals surface area contributed by atoms with Crippen molar-refractivity contribution >= 4 is 32.3 Å². The fraction of sp³-hybridized carbons (Fsp3) is 0.0556. The van der Waals surface area contributed by atoms with Crippen molar-refractivity contribution in [1.82, 2.24) is 15.0 Å². The summed E-state index contributed by atoms with van der Waals surface area (Å²) in [4.78, 5) is 15.3. The third kappa shape index (κ3) is 5.28. The van der Waals surface area contributed by atoms with Gasteiger partial charge in [-0.15, -0.1) is 0 Å². The molecule has 0 spiro atoms. The largest absolute Gasteiger partial charge is 0.449 e. The summed E-state index contributed by atoms with van der Waals surface area (Å²) in [6.45, 7) is 4.55. The van der Waals surface area contributed by atoms with E-state index >= 15 is 0 Å². The van der Waals surface area contributed by atoms with Gasteiger partial charge in [0.25, 0.3) is 0 Å². The molecule has 0 N–H and O–H groups in total. The van der Waals surface area contributed by atoms with Crippen molar-refractivity contribution in [3.8, 4) is 79.4 Å². The van der Waals surface area contributed by atoms with Crippen LogP contribution in [0.5, 0.6) is 23.0 Å². The van der Waals surface area contributed by atoms with Crippen LogP contribution in [0.25, 0.3) is 88.7 Å². The molecule has 0 atom stereocenters. The highest BCUT2D eigenvalue weighted by Gasteiger charge is 2.37. The zero-order valence-electron chi connectivity index (χ0n) is 32.4. The minimum atomic E-state index is -0.139. The molecule has 0 unspecified atom stereocenters. The number of fused-ring (bicyclic) bond motifs is 11. The molecule has 0 amide bonds. The van der Waals surface area contributed by atoms with Gasteiger partial charge in [-0.3, -0.25) is 0 Å². The van der Waals surface area contributed by atoms with Gasteiger partial charge in [0.05, 0.1) is 0 Å². The predicted molar refractivity (Wildman–Crippen MR) is 238 cm³/mol. The lowest BCUT2D eigenvalue weighted by atomic mass is 9.82. The number of hydrogen-bond acceptors (Lipinski definition) is 5. The molecular weight excluding hydrogens is 723 g/mol. The van der Waals surface area contributed by atoms with Gasteiger partial charge < -0.3 is 9.47 Å². The average Bonchev–Trinajstić information content (AvgIpc) is 3.52. The first kappa shape index (κ1) is 33.5. The van der Waals surface area contributed by atoms with Crippen LogP contribution in [0.1, 0.15) is 25.0 Å². The lowest BCUT2D eigenvalue weighted by Gasteiger charge is -2.25. The fourth-order valence-corrected chi connectivity index (χ4v) is 9.19. The summed E-state index contributed by atoms with van der Waals surface area (Å²) in [7, 11) is 0. The SMILES string of the molecule is CC1(C)c2ccccc2-c2cc3c(cc21)Oc1cc(-c2cccc(-c4nc(-c5ccccc5)nc(-c5ccc6c7ccccc7c7ccccc7c6c5)n4)c2)ccc1O3. The normalized spacial score (nSPS) is 13.3. The number of benzene rings is 9. The van der Waals surface area contributed by atoms with Crippen molar-refractivity contribution in [1.29, 1.82) is 0 Å². The van der Waals surface area contributed by atoms with Gasteiger partial charge in [0.1, 0.15) is 0 Å². The van der Waals surface area contributed by atoms with E-state index in [-0.39, 0.29) is 5.41 Å². The van der Waals surface area contributed by atoms with E-state index in [0.717, 1.165) is 39.3 Å². The maximum atomic E-state index is 6.62. The molecule has 10 aromatic rings. The van der Waals surface area contributed by atoms with Crippen LogP contribution in [0, 0.1) is 0 Å². The molecular formula is C54H35N3O2. The van der Waals surface area contributed by atoms with Crippen molar-refractivity contribution in [3.63, 3.8) is 0 Å². The molecule has 1 aliphatic heterocycles. The van der Waals surface area contributed by atoms with Gasteiger partial charge in [-0.2, -0.15) is 0 Å². The third-order valence-electron chi connectivity index (χ3n) is 12.2. The molecule has 0 saturated carbocycles. The second kappa shape index (κ2) is 12.7. The molecule has 0 fully saturated rings. The summed E-state index contributed by atoms with van der Waals surface area (Å²) in [6, 6.07) is 61.4. The van der Waals surface area contributed by atoms with Gasteiger partial charge in [0.2, 0.25) is 0 Å². The first-order valence-electron chi connectivity index (χ1n) is 20.0. The van der Waals surface area contributed by atoms with Crippen molar-refractivity contribution < 1.29 is 9.47 Å². The number of hydrogen-bond donors (Lipinski definition) is 0. The summed E-state index contributed by atoms with van der Waals surface area (Å²) in [5, 5.41) is 7.28. The number of aromatic nitrogens is 3. The molecule has 2 heterocycles. The highest BCUT2D eigenvalue weighted by Crippen LogP contribution is 2.55. The van der Waals surface area contributed by atoms with Crippen LogP contribution >= 0.6 is 0 Å². The first-order chi connectivity index (χ1) is 29.0. The number of rotatable bonds is 4. The topological polar surface area (TPSA) is 57.1 Å². The Morgan fingerprint density at radius 3 is 1.58 bits per heavy atom. The quantitative estimate of drug-likeness (QED) is 0.167. The predicted octanol–water partition coefficient (Wildman–Crippen LogP) is 14.2. The summed E-state index contributed by atoms with van der Waals surface area (Å²) < 4.78 is 13.1. The minimum Gasteiger partial charge on any atom is -0.449 e. The lowest BCUT2D eigenvalue weighted by molar-refractivity contribution is 0.359. The molecule has 9 aromatic carbocycles. The van der Waals surface area contributed by atoms with Crippen molar-refractivity contribution in [2.24, 2.45) is 0 Å². The Kier molecular flexibility index (Phi) is 7.20. The van der Waals surface area contributed by atoms with E-state index in [0.29, 0.717) is 29.0 Å². The van der Waals surface area contributed by atoms with Gasteiger partial charge >= 0.3 is 0 Å². The van der Waals surface area contributed by atoms with Gasteiger partial charge in [-0.05, 0) is 102 Å². The Bertz CT molecular complexity index is 3340. The minimum absolute atomic E-state index is 0.139. The Labute approximate surface area is 341 Å². The molecule has 0 saturated heterocycles. The summed E-state index contributed by atoms with van der Waals surface area (Å²) in [5.74, 6) is 4.66. The Morgan fingerprint density at radius 1 is 0.322 bits per heavy atom. The summed E-state index contributed by atoms with van der Waals surface area (Å²) >= 11 is 0. The second-order valence-corrected chi connectivity index (χ2v) is 16.0. The van der Waals surface area contributed by atoms with E-state index in [1.54, 1.807) is 0 Å². The van der Waals surface area contributed by atoms with Crippen LogP contribution in [0.3, 0.4) is 0 Å². The van der Waals surface area contributed by atoms with E-state index in [4.69, 9.17) is 24.4 Å². The molecule has 5 nitrogen and oxygen atoms in total. The van der Waals surface area contributed by atoms with Crippen LogP contribution in [-0.4, -0.2) is 15.0 Å². The van der Waals surface area contributed by atoms with Gasteiger partial charge in [-0.1, -0.05) is 153 Å². The van der Waals surface area contributed by atoms with Crippen molar-refractivity contribution in [2.45, 2.75) is 19.3 Å². The zero-order valence-corrected chi connectivity index (χ0v) is 32.4. The van der Waals surface area contributed by atoms with Crippen LogP contribution in [-0.2, 0) is 5.41 Å². The van der Waals surface area contributed by atoms with Crippen molar-refractivity contribution in [2.75, 3.05) is 0 Å². The smallest absolute Gasteiger partial charge is 0.170 e. The molecule has 278 valence electrons. The zero-order chi connectivity index (χ0) is 39.2. The molecule has 2 aliphatic rings. The maximum Gasteiger partial charge on any atom is 0.170 e. The molecule has 12 rings (SSSR count).